The monoisotopic (exact) mass is 237 g/mol. The van der Waals surface area contributed by atoms with Crippen LogP contribution in [0.5, 0.6) is 0 Å². The van der Waals surface area contributed by atoms with Gasteiger partial charge in [-0.25, -0.2) is 0 Å². The van der Waals surface area contributed by atoms with E-state index in [4.69, 9.17) is 0 Å². The lowest BCUT2D eigenvalue weighted by atomic mass is 9.84. The Morgan fingerprint density at radius 2 is 1.94 bits per heavy atom. The fraction of sp³-hybridized carbons (Fsp3) is 1.00. The van der Waals surface area contributed by atoms with Crippen LogP contribution in [0.3, 0.4) is 0 Å². The molecule has 2 aliphatic carbocycles. The summed E-state index contributed by atoms with van der Waals surface area (Å²) in [7, 11) is 0. The van der Waals surface area contributed by atoms with Crippen LogP contribution in [0.2, 0.25) is 0 Å². The molecule has 4 atom stereocenters. The van der Waals surface area contributed by atoms with Crippen molar-refractivity contribution in [1.29, 1.82) is 0 Å². The van der Waals surface area contributed by atoms with E-state index >= 15 is 0 Å². The van der Waals surface area contributed by atoms with E-state index in [1.54, 1.807) is 25.7 Å². The minimum atomic E-state index is 0.805. The summed E-state index contributed by atoms with van der Waals surface area (Å²) in [5.41, 5.74) is 0. The van der Waals surface area contributed by atoms with Crippen molar-refractivity contribution >= 4 is 0 Å². The highest BCUT2D eigenvalue weighted by Crippen LogP contribution is 2.50. The third-order valence-corrected chi connectivity index (χ3v) is 5.09. The summed E-state index contributed by atoms with van der Waals surface area (Å²) in [5, 5.41) is 3.74. The van der Waals surface area contributed by atoms with E-state index in [0.29, 0.717) is 0 Å². The average molecular weight is 237 g/mol. The first-order valence-electron chi connectivity index (χ1n) is 8.06. The van der Waals surface area contributed by atoms with Gasteiger partial charge in [-0.3, -0.25) is 0 Å². The van der Waals surface area contributed by atoms with Crippen LogP contribution in [-0.4, -0.2) is 12.6 Å². The van der Waals surface area contributed by atoms with E-state index in [1.165, 1.54) is 38.6 Å². The van der Waals surface area contributed by atoms with Crippen molar-refractivity contribution in [2.45, 2.75) is 77.7 Å². The standard InChI is InChI=1S/C16H31N/c1-3-5-16(17-10-4-2)9-8-15-12-13-6-7-14(15)11-13/h13-17H,3-12H2,1-2H3. The number of rotatable bonds is 8. The van der Waals surface area contributed by atoms with Crippen molar-refractivity contribution in [2.24, 2.45) is 17.8 Å². The minimum Gasteiger partial charge on any atom is -0.314 e. The average Bonchev–Trinajstić information content (AvgIpc) is 2.94. The highest BCUT2D eigenvalue weighted by atomic mass is 14.9. The van der Waals surface area contributed by atoms with Gasteiger partial charge in [-0.15, -0.1) is 0 Å². The zero-order chi connectivity index (χ0) is 12.1. The zero-order valence-electron chi connectivity index (χ0n) is 11.9. The molecule has 1 heteroatoms. The molecule has 4 unspecified atom stereocenters. The number of fused-ring (bicyclic) bond motifs is 2. The lowest BCUT2D eigenvalue weighted by Gasteiger charge is -2.25. The van der Waals surface area contributed by atoms with Crippen LogP contribution in [0.25, 0.3) is 0 Å². The molecule has 1 N–H and O–H groups in total. The molecule has 0 aromatic carbocycles. The maximum atomic E-state index is 3.74. The van der Waals surface area contributed by atoms with Gasteiger partial charge in [0.2, 0.25) is 0 Å². The Hall–Kier alpha value is -0.0400. The highest BCUT2D eigenvalue weighted by molar-refractivity contribution is 4.90. The molecule has 0 aromatic heterocycles. The molecule has 0 radical (unpaired) electrons. The molecule has 17 heavy (non-hydrogen) atoms. The van der Waals surface area contributed by atoms with E-state index in [0.717, 1.165) is 23.8 Å². The van der Waals surface area contributed by atoms with Crippen LogP contribution in [0.15, 0.2) is 0 Å². The summed E-state index contributed by atoms with van der Waals surface area (Å²) in [6.45, 7) is 5.80. The molecule has 1 nitrogen and oxygen atoms in total. The molecule has 0 saturated heterocycles. The molecule has 0 aromatic rings. The van der Waals surface area contributed by atoms with Crippen LogP contribution >= 0.6 is 0 Å². The largest absolute Gasteiger partial charge is 0.314 e. The number of hydrogen-bond acceptors (Lipinski definition) is 1. The van der Waals surface area contributed by atoms with Gasteiger partial charge in [0.25, 0.3) is 0 Å². The van der Waals surface area contributed by atoms with Crippen LogP contribution in [0.4, 0.5) is 0 Å². The Kier molecular flexibility index (Phi) is 5.34. The van der Waals surface area contributed by atoms with E-state index < -0.39 is 0 Å². The number of nitrogens with one attached hydrogen (secondary N) is 1. The third-order valence-electron chi connectivity index (χ3n) is 5.09. The summed E-state index contributed by atoms with van der Waals surface area (Å²) in [5.74, 6) is 3.34. The summed E-state index contributed by atoms with van der Waals surface area (Å²) in [6, 6.07) is 0.805. The van der Waals surface area contributed by atoms with Crippen LogP contribution in [0.1, 0.15) is 71.6 Å². The van der Waals surface area contributed by atoms with Crippen LogP contribution in [0, 0.1) is 17.8 Å². The molecule has 0 heterocycles. The van der Waals surface area contributed by atoms with E-state index in [9.17, 15) is 0 Å². The van der Waals surface area contributed by atoms with Gasteiger partial charge in [-0.2, -0.15) is 0 Å². The summed E-state index contributed by atoms with van der Waals surface area (Å²) in [4.78, 5) is 0. The molecule has 2 aliphatic rings. The predicted molar refractivity (Wildman–Crippen MR) is 75.2 cm³/mol. The maximum Gasteiger partial charge on any atom is 0.00670 e. The second kappa shape index (κ2) is 6.78. The summed E-state index contributed by atoms with van der Waals surface area (Å²) in [6.07, 6.45) is 13.2. The molecule has 2 rings (SSSR count). The van der Waals surface area contributed by atoms with Crippen LogP contribution < -0.4 is 5.32 Å². The van der Waals surface area contributed by atoms with E-state index in [-0.39, 0.29) is 0 Å². The lowest BCUT2D eigenvalue weighted by Crippen LogP contribution is -2.30. The van der Waals surface area contributed by atoms with Gasteiger partial charge < -0.3 is 5.32 Å². The fourth-order valence-electron chi connectivity index (χ4n) is 4.19. The second-order valence-electron chi connectivity index (χ2n) is 6.45. The quantitative estimate of drug-likeness (QED) is 0.661. The lowest BCUT2D eigenvalue weighted by molar-refractivity contribution is 0.288. The molecular weight excluding hydrogens is 206 g/mol. The zero-order valence-corrected chi connectivity index (χ0v) is 11.9. The topological polar surface area (TPSA) is 12.0 Å². The van der Waals surface area contributed by atoms with Gasteiger partial charge in [0, 0.05) is 6.04 Å². The first kappa shape index (κ1) is 13.4. The summed E-state index contributed by atoms with van der Waals surface area (Å²) < 4.78 is 0. The van der Waals surface area contributed by atoms with Crippen molar-refractivity contribution in [3.05, 3.63) is 0 Å². The first-order valence-corrected chi connectivity index (χ1v) is 8.06. The molecule has 0 aliphatic heterocycles. The predicted octanol–water partition coefficient (Wildman–Crippen LogP) is 4.37. The smallest absolute Gasteiger partial charge is 0.00670 e. The molecule has 2 fully saturated rings. The van der Waals surface area contributed by atoms with Crippen molar-refractivity contribution in [1.82, 2.24) is 5.32 Å². The molecule has 0 amide bonds. The second-order valence-corrected chi connectivity index (χ2v) is 6.45. The van der Waals surface area contributed by atoms with Gasteiger partial charge in [-0.1, -0.05) is 26.7 Å². The SMILES string of the molecule is CCCNC(CCC)CCC1CC2CCC1C2. The molecule has 2 bridgehead atoms. The van der Waals surface area contributed by atoms with E-state index in [2.05, 4.69) is 19.2 Å². The molecule has 100 valence electrons. The van der Waals surface area contributed by atoms with Crippen molar-refractivity contribution in [2.75, 3.05) is 6.54 Å². The third kappa shape index (κ3) is 3.71. The molecule has 2 saturated carbocycles. The normalized spacial score (nSPS) is 33.2. The van der Waals surface area contributed by atoms with Gasteiger partial charge >= 0.3 is 0 Å². The van der Waals surface area contributed by atoms with Crippen molar-refractivity contribution in [3.63, 3.8) is 0 Å². The Bertz CT molecular complexity index is 214. The minimum absolute atomic E-state index is 0.805. The fourth-order valence-corrected chi connectivity index (χ4v) is 4.19. The number of hydrogen-bond donors (Lipinski definition) is 1. The van der Waals surface area contributed by atoms with Gasteiger partial charge in [0.05, 0.1) is 0 Å². The first-order chi connectivity index (χ1) is 8.33. The van der Waals surface area contributed by atoms with Crippen molar-refractivity contribution < 1.29 is 0 Å². The molecule has 0 spiro atoms. The van der Waals surface area contributed by atoms with E-state index in [1.807, 2.05) is 0 Å². The van der Waals surface area contributed by atoms with Crippen molar-refractivity contribution in [3.8, 4) is 0 Å². The van der Waals surface area contributed by atoms with Gasteiger partial charge in [0.15, 0.2) is 0 Å². The Balaban J connectivity index is 1.67. The Morgan fingerprint density at radius 1 is 1.06 bits per heavy atom. The maximum absolute atomic E-state index is 3.74. The van der Waals surface area contributed by atoms with Gasteiger partial charge in [0.1, 0.15) is 0 Å². The summed E-state index contributed by atoms with van der Waals surface area (Å²) >= 11 is 0. The van der Waals surface area contributed by atoms with Crippen LogP contribution in [-0.2, 0) is 0 Å². The Morgan fingerprint density at radius 3 is 2.53 bits per heavy atom. The molecular formula is C16H31N. The highest BCUT2D eigenvalue weighted by Gasteiger charge is 2.38. The Labute approximate surface area is 108 Å². The van der Waals surface area contributed by atoms with Gasteiger partial charge in [-0.05, 0) is 69.2 Å².